The lowest BCUT2D eigenvalue weighted by Gasteiger charge is -2.31. The van der Waals surface area contributed by atoms with E-state index in [2.05, 4.69) is 11.2 Å². The molecule has 4 rings (SSSR count). The Morgan fingerprint density at radius 1 is 1.29 bits per heavy atom. The van der Waals surface area contributed by atoms with Gasteiger partial charge in [-0.3, -0.25) is 9.36 Å². The van der Waals surface area contributed by atoms with Crippen LogP contribution in [0.2, 0.25) is 0 Å². The molecule has 31 heavy (non-hydrogen) atoms. The summed E-state index contributed by atoms with van der Waals surface area (Å²) in [6.45, 7) is 0.533. The van der Waals surface area contributed by atoms with E-state index in [0.717, 1.165) is 15.4 Å². The molecule has 2 N–H and O–H groups in total. The zero-order valence-corrected chi connectivity index (χ0v) is 18.0. The molecule has 1 aliphatic heterocycles. The van der Waals surface area contributed by atoms with E-state index in [0.29, 0.717) is 31.3 Å². The second-order valence-corrected chi connectivity index (χ2v) is 8.77. The molecule has 1 aliphatic rings. The molecule has 0 spiro atoms. The summed E-state index contributed by atoms with van der Waals surface area (Å²) in [7, 11) is 1.82. The molecule has 3 aromatic rings. The van der Waals surface area contributed by atoms with E-state index in [-0.39, 0.29) is 30.6 Å². The normalized spacial score (nSPS) is 16.6. The van der Waals surface area contributed by atoms with Crippen LogP contribution in [0.4, 0.5) is 10.1 Å². The number of thiophene rings is 1. The Morgan fingerprint density at radius 3 is 2.87 bits per heavy atom. The number of nitrogens with zero attached hydrogens (tertiary/aromatic N) is 4. The molecule has 0 radical (unpaired) electrons. The third-order valence-electron chi connectivity index (χ3n) is 5.60. The van der Waals surface area contributed by atoms with Crippen molar-refractivity contribution in [2.24, 2.45) is 5.73 Å². The number of hydrogen-bond acceptors (Lipinski definition) is 5. The molecule has 9 heteroatoms. The van der Waals surface area contributed by atoms with E-state index in [9.17, 15) is 14.0 Å². The molecule has 1 aromatic carbocycles. The fourth-order valence-corrected chi connectivity index (χ4v) is 4.90. The van der Waals surface area contributed by atoms with E-state index >= 15 is 0 Å². The number of amides is 1. The maximum Gasteiger partial charge on any atom is 0.346 e. The monoisotopic (exact) mass is 441 g/mol. The first kappa shape index (κ1) is 21.2. The molecule has 3 heterocycles. The molecule has 0 saturated carbocycles. The average molecular weight is 442 g/mol. The number of rotatable bonds is 7. The maximum atomic E-state index is 12.9. The third kappa shape index (κ3) is 4.24. The number of fused-ring (bicyclic) bond motifs is 1. The number of hydrogen-bond donors (Lipinski definition) is 1. The highest BCUT2D eigenvalue weighted by Gasteiger charge is 2.32. The van der Waals surface area contributed by atoms with Crippen LogP contribution < -0.4 is 16.3 Å². The molecule has 0 bridgehead atoms. The van der Waals surface area contributed by atoms with Gasteiger partial charge < -0.3 is 10.6 Å². The van der Waals surface area contributed by atoms with E-state index in [1.807, 2.05) is 37.4 Å². The summed E-state index contributed by atoms with van der Waals surface area (Å²) in [5, 5.41) is 4.04. The average Bonchev–Trinajstić information content (AvgIpc) is 3.40. The van der Waals surface area contributed by atoms with Crippen LogP contribution in [0.15, 0.2) is 59.4 Å². The Balaban J connectivity index is 1.44. The van der Waals surface area contributed by atoms with Crippen molar-refractivity contribution in [2.45, 2.75) is 31.8 Å². The number of para-hydroxylation sites is 1. The second-order valence-electron chi connectivity index (χ2n) is 7.57. The van der Waals surface area contributed by atoms with Gasteiger partial charge in [0, 0.05) is 35.6 Å². The first-order valence-corrected chi connectivity index (χ1v) is 10.9. The molecule has 1 amide bonds. The van der Waals surface area contributed by atoms with Crippen molar-refractivity contribution in [1.29, 1.82) is 0 Å². The Bertz CT molecular complexity index is 1180. The molecule has 1 atom stereocenters. The van der Waals surface area contributed by atoms with E-state index in [4.69, 9.17) is 5.73 Å². The van der Waals surface area contributed by atoms with Crippen molar-refractivity contribution in [3.63, 3.8) is 0 Å². The van der Waals surface area contributed by atoms with Gasteiger partial charge in [-0.25, -0.2) is 13.9 Å². The number of carbonyl (C=O) groups excluding carboxylic acids is 1. The molecule has 2 aromatic heterocycles. The quantitative estimate of drug-likeness (QED) is 0.610. The lowest BCUT2D eigenvalue weighted by atomic mass is 9.91. The number of benzene rings is 1. The van der Waals surface area contributed by atoms with Crippen LogP contribution in [0.1, 0.15) is 21.2 Å². The van der Waals surface area contributed by atoms with Gasteiger partial charge in [-0.15, -0.1) is 11.3 Å². The number of halogens is 1. The van der Waals surface area contributed by atoms with Gasteiger partial charge in [0.05, 0.1) is 18.8 Å². The van der Waals surface area contributed by atoms with Gasteiger partial charge in [0.1, 0.15) is 6.33 Å². The maximum absolute atomic E-state index is 12.9. The van der Waals surface area contributed by atoms with Crippen molar-refractivity contribution in [3.8, 4) is 0 Å². The topological polar surface area (TPSA) is 86.2 Å². The second kappa shape index (κ2) is 8.99. The first-order chi connectivity index (χ1) is 15.0. The van der Waals surface area contributed by atoms with Gasteiger partial charge in [-0.2, -0.15) is 5.10 Å². The molecular weight excluding hydrogens is 417 g/mol. The van der Waals surface area contributed by atoms with E-state index < -0.39 is 0 Å². The summed E-state index contributed by atoms with van der Waals surface area (Å²) in [4.78, 5) is 29.2. The van der Waals surface area contributed by atoms with E-state index in [1.54, 1.807) is 16.2 Å². The number of aryl methyl sites for hydroxylation is 2. The molecule has 1 unspecified atom stereocenters. The molecule has 7 nitrogen and oxygen atoms in total. The Labute approximate surface area is 183 Å². The van der Waals surface area contributed by atoms with E-state index in [1.165, 1.54) is 21.1 Å². The van der Waals surface area contributed by atoms with Crippen LogP contribution in [0, 0.1) is 0 Å². The van der Waals surface area contributed by atoms with Crippen molar-refractivity contribution in [1.82, 2.24) is 14.3 Å². The third-order valence-corrected chi connectivity index (χ3v) is 6.86. The fraction of sp³-hybridized carbons (Fsp3) is 0.318. The SMILES string of the molecule is CN1C(=O)C(c2ccc(CCn3cnn(C/C(=C/F)CN)c3=O)s2)Cc2ccccc21. The van der Waals surface area contributed by atoms with Crippen molar-refractivity contribution < 1.29 is 9.18 Å². The van der Waals surface area contributed by atoms with Crippen LogP contribution in [-0.4, -0.2) is 33.8 Å². The summed E-state index contributed by atoms with van der Waals surface area (Å²) in [6.07, 6.45) is 3.21. The number of aromatic nitrogens is 3. The first-order valence-electron chi connectivity index (χ1n) is 10.1. The minimum absolute atomic E-state index is 0.0350. The molecule has 0 saturated heterocycles. The predicted octanol–water partition coefficient (Wildman–Crippen LogP) is 2.46. The number of anilines is 1. The highest BCUT2D eigenvalue weighted by atomic mass is 32.1. The van der Waals surface area contributed by atoms with Gasteiger partial charge >= 0.3 is 5.69 Å². The van der Waals surface area contributed by atoms with Crippen LogP contribution in [0.3, 0.4) is 0 Å². The summed E-state index contributed by atoms with van der Waals surface area (Å²) in [5.74, 6) is -0.0903. The smallest absolute Gasteiger partial charge is 0.327 e. The van der Waals surface area contributed by atoms with Gasteiger partial charge in [-0.05, 0) is 42.2 Å². The summed E-state index contributed by atoms with van der Waals surface area (Å²) in [5.41, 5.74) is 7.59. The largest absolute Gasteiger partial charge is 0.346 e. The van der Waals surface area contributed by atoms with Gasteiger partial charge in [0.2, 0.25) is 5.91 Å². The van der Waals surface area contributed by atoms with Crippen LogP contribution in [0.5, 0.6) is 0 Å². The van der Waals surface area contributed by atoms with Crippen LogP contribution >= 0.6 is 11.3 Å². The summed E-state index contributed by atoms with van der Waals surface area (Å²) < 4.78 is 15.4. The number of carbonyl (C=O) groups is 1. The molecular formula is C22H24FN5O2S. The van der Waals surface area contributed by atoms with Gasteiger partial charge in [0.15, 0.2) is 0 Å². The molecule has 162 valence electrons. The van der Waals surface area contributed by atoms with Gasteiger partial charge in [-0.1, -0.05) is 18.2 Å². The highest BCUT2D eigenvalue weighted by molar-refractivity contribution is 7.12. The standard InChI is InChI=1S/C22H24FN5O2S/c1-26-19-5-3-2-4-16(19)10-18(21(26)29)20-7-6-17(31-20)8-9-27-14-25-28(22(27)30)13-15(11-23)12-24/h2-7,11,14,18H,8-10,12-13,24H2,1H3/b15-11+. The predicted molar refractivity (Wildman–Crippen MR) is 119 cm³/mol. The fourth-order valence-electron chi connectivity index (χ4n) is 3.81. The highest BCUT2D eigenvalue weighted by Crippen LogP contribution is 2.37. The minimum atomic E-state index is -0.301. The van der Waals surface area contributed by atoms with Gasteiger partial charge in [0.25, 0.3) is 0 Å². The van der Waals surface area contributed by atoms with Crippen molar-refractivity contribution >= 4 is 22.9 Å². The van der Waals surface area contributed by atoms with Crippen molar-refractivity contribution in [2.75, 3.05) is 18.5 Å². The number of nitrogens with two attached hydrogens (primary N) is 1. The Kier molecular flexibility index (Phi) is 6.15. The zero-order valence-electron chi connectivity index (χ0n) is 17.2. The van der Waals surface area contributed by atoms with Crippen LogP contribution in [0.25, 0.3) is 0 Å². The van der Waals surface area contributed by atoms with Crippen molar-refractivity contribution in [3.05, 3.63) is 80.4 Å². The minimum Gasteiger partial charge on any atom is -0.327 e. The van der Waals surface area contributed by atoms with Crippen LogP contribution in [-0.2, 0) is 30.7 Å². The summed E-state index contributed by atoms with van der Waals surface area (Å²) in [6, 6.07) is 12.0. The number of likely N-dealkylation sites (N-methyl/N-ethyl adjacent to an activating group) is 1. The summed E-state index contributed by atoms with van der Waals surface area (Å²) >= 11 is 1.60. The lowest BCUT2D eigenvalue weighted by Crippen LogP contribution is -2.36. The Hall–Kier alpha value is -3.04. The zero-order chi connectivity index (χ0) is 22.0. The lowest BCUT2D eigenvalue weighted by molar-refractivity contribution is -0.120. The molecule has 0 aliphatic carbocycles. The molecule has 0 fully saturated rings. The Morgan fingerprint density at radius 2 is 2.10 bits per heavy atom.